The van der Waals surface area contributed by atoms with Gasteiger partial charge in [-0.3, -0.25) is 4.99 Å². The number of aromatic nitrogens is 2. The van der Waals surface area contributed by atoms with E-state index in [0.29, 0.717) is 18.5 Å². The number of benzene rings is 1. The lowest BCUT2D eigenvalue weighted by Gasteiger charge is -2.18. The van der Waals surface area contributed by atoms with Gasteiger partial charge in [0.2, 0.25) is 0 Å². The van der Waals surface area contributed by atoms with Crippen molar-refractivity contribution in [3.63, 3.8) is 0 Å². The number of nitrogens with zero attached hydrogens (tertiary/aromatic N) is 3. The Hall–Kier alpha value is -2.30. The monoisotopic (exact) mass is 341 g/mol. The van der Waals surface area contributed by atoms with E-state index in [2.05, 4.69) is 76.3 Å². The molecule has 2 aromatic rings. The van der Waals surface area contributed by atoms with E-state index in [1.807, 2.05) is 12.4 Å². The van der Waals surface area contributed by atoms with Gasteiger partial charge in [0.15, 0.2) is 5.96 Å². The summed E-state index contributed by atoms with van der Waals surface area (Å²) >= 11 is 0. The van der Waals surface area contributed by atoms with E-state index in [9.17, 15) is 0 Å². The number of hydrogen-bond donors (Lipinski definition) is 2. The van der Waals surface area contributed by atoms with E-state index in [1.165, 1.54) is 5.56 Å². The smallest absolute Gasteiger partial charge is 0.191 e. The Morgan fingerprint density at radius 1 is 1.20 bits per heavy atom. The van der Waals surface area contributed by atoms with Crippen LogP contribution < -0.4 is 10.6 Å². The molecule has 25 heavy (non-hydrogen) atoms. The van der Waals surface area contributed by atoms with E-state index in [4.69, 9.17) is 0 Å². The van der Waals surface area contributed by atoms with Gasteiger partial charge >= 0.3 is 0 Å². The fourth-order valence-corrected chi connectivity index (χ4v) is 2.76. The van der Waals surface area contributed by atoms with Gasteiger partial charge in [0.05, 0.1) is 6.54 Å². The van der Waals surface area contributed by atoms with E-state index in [0.717, 1.165) is 31.2 Å². The molecule has 0 spiro atoms. The van der Waals surface area contributed by atoms with Gasteiger partial charge in [0.1, 0.15) is 5.82 Å². The molecule has 1 unspecified atom stereocenters. The highest BCUT2D eigenvalue weighted by Gasteiger charge is 2.08. The van der Waals surface area contributed by atoms with Crippen LogP contribution in [0.3, 0.4) is 0 Å². The number of rotatable bonds is 8. The summed E-state index contributed by atoms with van der Waals surface area (Å²) in [6.45, 7) is 8.27. The quantitative estimate of drug-likeness (QED) is 0.572. The van der Waals surface area contributed by atoms with Gasteiger partial charge in [-0.2, -0.15) is 0 Å². The maximum absolute atomic E-state index is 4.45. The fourth-order valence-electron chi connectivity index (χ4n) is 2.76. The number of hydrogen-bond acceptors (Lipinski definition) is 2. The third-order valence-corrected chi connectivity index (χ3v) is 4.09. The van der Waals surface area contributed by atoms with Crippen molar-refractivity contribution in [3.05, 3.63) is 54.1 Å². The second kappa shape index (κ2) is 9.87. The molecular formula is C20H31N5. The molecule has 2 N–H and O–H groups in total. The molecule has 136 valence electrons. The molecule has 0 aliphatic carbocycles. The fraction of sp³-hybridized carbons (Fsp3) is 0.500. The molecule has 0 aliphatic rings. The molecule has 0 saturated carbocycles. The van der Waals surface area contributed by atoms with Crippen LogP contribution in [0.15, 0.2) is 47.7 Å². The summed E-state index contributed by atoms with van der Waals surface area (Å²) < 4.78 is 2.20. The van der Waals surface area contributed by atoms with Gasteiger partial charge < -0.3 is 15.2 Å². The zero-order chi connectivity index (χ0) is 18.1. The average molecular weight is 342 g/mol. The zero-order valence-electron chi connectivity index (χ0n) is 15.9. The first-order valence-corrected chi connectivity index (χ1v) is 9.09. The zero-order valence-corrected chi connectivity index (χ0v) is 15.9. The average Bonchev–Trinajstić information content (AvgIpc) is 3.04. The third-order valence-electron chi connectivity index (χ3n) is 4.09. The maximum Gasteiger partial charge on any atom is 0.191 e. The van der Waals surface area contributed by atoms with Gasteiger partial charge in [0, 0.05) is 32.0 Å². The van der Waals surface area contributed by atoms with Crippen LogP contribution in [0, 0.1) is 5.92 Å². The molecule has 0 fully saturated rings. The first-order valence-electron chi connectivity index (χ1n) is 9.09. The predicted molar refractivity (Wildman–Crippen MR) is 105 cm³/mol. The SMILES string of the molecule is CN=C(NCc1nccn1CC(C)C)NC(C)CCc1ccccc1. The summed E-state index contributed by atoms with van der Waals surface area (Å²) in [5.41, 5.74) is 1.37. The van der Waals surface area contributed by atoms with Crippen LogP contribution in [-0.2, 0) is 19.5 Å². The van der Waals surface area contributed by atoms with E-state index < -0.39 is 0 Å². The number of imidazole rings is 1. The minimum atomic E-state index is 0.349. The molecule has 0 radical (unpaired) electrons. The Morgan fingerprint density at radius 2 is 1.96 bits per heavy atom. The summed E-state index contributed by atoms with van der Waals surface area (Å²) in [5, 5.41) is 6.83. The van der Waals surface area contributed by atoms with Crippen LogP contribution in [-0.4, -0.2) is 28.6 Å². The summed E-state index contributed by atoms with van der Waals surface area (Å²) in [5.74, 6) is 2.46. The lowest BCUT2D eigenvalue weighted by atomic mass is 10.1. The molecule has 0 amide bonds. The largest absolute Gasteiger partial charge is 0.354 e. The van der Waals surface area contributed by atoms with E-state index >= 15 is 0 Å². The molecule has 5 nitrogen and oxygen atoms in total. The summed E-state index contributed by atoms with van der Waals surface area (Å²) in [7, 11) is 1.81. The van der Waals surface area contributed by atoms with Gasteiger partial charge in [-0.15, -0.1) is 0 Å². The normalized spacial score (nSPS) is 13.1. The van der Waals surface area contributed by atoms with Crippen molar-refractivity contribution in [2.24, 2.45) is 10.9 Å². The number of nitrogens with one attached hydrogen (secondary N) is 2. The number of aryl methyl sites for hydroxylation is 1. The Morgan fingerprint density at radius 3 is 2.64 bits per heavy atom. The van der Waals surface area contributed by atoms with Crippen molar-refractivity contribution < 1.29 is 0 Å². The molecule has 5 heteroatoms. The van der Waals surface area contributed by atoms with Crippen LogP contribution in [0.5, 0.6) is 0 Å². The molecular weight excluding hydrogens is 310 g/mol. The van der Waals surface area contributed by atoms with Crippen LogP contribution in [0.25, 0.3) is 0 Å². The number of aliphatic imine (C=N–C) groups is 1. The van der Waals surface area contributed by atoms with Gasteiger partial charge in [-0.1, -0.05) is 44.2 Å². The molecule has 2 rings (SSSR count). The lowest BCUT2D eigenvalue weighted by molar-refractivity contribution is 0.502. The van der Waals surface area contributed by atoms with Crippen molar-refractivity contribution in [3.8, 4) is 0 Å². The molecule has 1 atom stereocenters. The summed E-state index contributed by atoms with van der Waals surface area (Å²) in [6, 6.07) is 10.9. The van der Waals surface area contributed by atoms with Gasteiger partial charge in [-0.25, -0.2) is 4.98 Å². The van der Waals surface area contributed by atoms with Gasteiger partial charge in [-0.05, 0) is 31.2 Å². The first-order chi connectivity index (χ1) is 12.1. The number of guanidine groups is 1. The lowest BCUT2D eigenvalue weighted by Crippen LogP contribution is -2.42. The van der Waals surface area contributed by atoms with Crippen LogP contribution >= 0.6 is 0 Å². The molecule has 1 aromatic carbocycles. The molecule has 0 aliphatic heterocycles. The van der Waals surface area contributed by atoms with E-state index in [1.54, 1.807) is 7.05 Å². The van der Waals surface area contributed by atoms with Gasteiger partial charge in [0.25, 0.3) is 0 Å². The van der Waals surface area contributed by atoms with Crippen molar-refractivity contribution in [1.29, 1.82) is 0 Å². The maximum atomic E-state index is 4.45. The highest BCUT2D eigenvalue weighted by Crippen LogP contribution is 2.05. The Bertz CT molecular complexity index is 645. The minimum absolute atomic E-state index is 0.349. The van der Waals surface area contributed by atoms with Crippen molar-refractivity contribution >= 4 is 5.96 Å². The Labute approximate surface area is 151 Å². The van der Waals surface area contributed by atoms with Crippen LogP contribution in [0.2, 0.25) is 0 Å². The van der Waals surface area contributed by atoms with Crippen molar-refractivity contribution in [2.45, 2.75) is 52.7 Å². The highest BCUT2D eigenvalue weighted by molar-refractivity contribution is 5.79. The van der Waals surface area contributed by atoms with E-state index in [-0.39, 0.29) is 0 Å². The van der Waals surface area contributed by atoms with Crippen LogP contribution in [0.4, 0.5) is 0 Å². The second-order valence-electron chi connectivity index (χ2n) is 6.89. The second-order valence-corrected chi connectivity index (χ2v) is 6.89. The Kier molecular flexibility index (Phi) is 7.51. The topological polar surface area (TPSA) is 54.2 Å². The first kappa shape index (κ1) is 19.0. The molecule has 1 heterocycles. The predicted octanol–water partition coefficient (Wildman–Crippen LogP) is 3.23. The van der Waals surface area contributed by atoms with Crippen molar-refractivity contribution in [2.75, 3.05) is 7.05 Å². The molecule has 0 saturated heterocycles. The highest BCUT2D eigenvalue weighted by atomic mass is 15.2. The minimum Gasteiger partial charge on any atom is -0.354 e. The summed E-state index contributed by atoms with van der Waals surface area (Å²) in [4.78, 5) is 8.78. The molecule has 1 aromatic heterocycles. The molecule has 0 bridgehead atoms. The third kappa shape index (κ3) is 6.61. The Balaban J connectivity index is 1.79. The summed E-state index contributed by atoms with van der Waals surface area (Å²) in [6.07, 6.45) is 6.02. The van der Waals surface area contributed by atoms with Crippen molar-refractivity contribution in [1.82, 2.24) is 20.2 Å². The van der Waals surface area contributed by atoms with Crippen LogP contribution in [0.1, 0.15) is 38.6 Å². The standard InChI is InChI=1S/C20H31N5/c1-16(2)15-25-13-12-22-19(25)14-23-20(21-4)24-17(3)10-11-18-8-6-5-7-9-18/h5-9,12-13,16-17H,10-11,14-15H2,1-4H3,(H2,21,23,24).